The third-order valence-corrected chi connectivity index (χ3v) is 5.53. The highest BCUT2D eigenvalue weighted by molar-refractivity contribution is 5.69. The molecule has 1 aromatic carbocycles. The van der Waals surface area contributed by atoms with E-state index in [0.29, 0.717) is 26.2 Å². The molecule has 2 saturated heterocycles. The first-order chi connectivity index (χ1) is 13.7. The van der Waals surface area contributed by atoms with Crippen molar-refractivity contribution in [3.05, 3.63) is 35.9 Å². The van der Waals surface area contributed by atoms with Gasteiger partial charge in [-0.05, 0) is 45.1 Å². The SMILES string of the molecule is CC(C)(C)OC(=O)N1CCC(C(O)C2CN(C(=O)OCc3ccccc3)C2)CC1. The average Bonchev–Trinajstić information content (AvgIpc) is 2.64. The van der Waals surface area contributed by atoms with Crippen molar-refractivity contribution in [3.8, 4) is 0 Å². The van der Waals surface area contributed by atoms with Gasteiger partial charge in [0.1, 0.15) is 12.2 Å². The smallest absolute Gasteiger partial charge is 0.410 e. The molecule has 0 saturated carbocycles. The maximum absolute atomic E-state index is 12.2. The number of rotatable bonds is 4. The standard InChI is InChI=1S/C22H32N2O5/c1-22(2,3)29-21(27)23-11-9-17(10-12-23)19(25)18-13-24(14-18)20(26)28-15-16-7-5-4-6-8-16/h4-8,17-19,25H,9-15H2,1-3H3. The Morgan fingerprint density at radius 3 is 2.24 bits per heavy atom. The molecule has 2 aliphatic rings. The third-order valence-electron chi connectivity index (χ3n) is 5.53. The van der Waals surface area contributed by atoms with E-state index in [2.05, 4.69) is 0 Å². The molecule has 2 amide bonds. The van der Waals surface area contributed by atoms with E-state index in [4.69, 9.17) is 9.47 Å². The van der Waals surface area contributed by atoms with E-state index in [0.717, 1.165) is 18.4 Å². The molecule has 29 heavy (non-hydrogen) atoms. The largest absolute Gasteiger partial charge is 0.445 e. The normalized spacial score (nSPS) is 19.4. The molecule has 2 fully saturated rings. The summed E-state index contributed by atoms with van der Waals surface area (Å²) in [4.78, 5) is 27.6. The Kier molecular flexibility index (Phi) is 6.67. The second-order valence-corrected chi connectivity index (χ2v) is 9.00. The fourth-order valence-corrected chi connectivity index (χ4v) is 3.82. The molecule has 1 aromatic rings. The molecule has 7 nitrogen and oxygen atoms in total. The quantitative estimate of drug-likeness (QED) is 0.833. The minimum Gasteiger partial charge on any atom is -0.445 e. The van der Waals surface area contributed by atoms with Crippen molar-refractivity contribution >= 4 is 12.2 Å². The molecule has 7 heteroatoms. The van der Waals surface area contributed by atoms with Crippen LogP contribution in [-0.2, 0) is 16.1 Å². The van der Waals surface area contributed by atoms with Gasteiger partial charge in [0.15, 0.2) is 0 Å². The van der Waals surface area contributed by atoms with Gasteiger partial charge in [-0.2, -0.15) is 0 Å². The first-order valence-electron chi connectivity index (χ1n) is 10.3. The number of piperidine rings is 1. The van der Waals surface area contributed by atoms with Crippen LogP contribution in [0.4, 0.5) is 9.59 Å². The minimum atomic E-state index is -0.502. The van der Waals surface area contributed by atoms with Gasteiger partial charge >= 0.3 is 12.2 Å². The number of carbonyl (C=O) groups is 2. The Balaban J connectivity index is 1.37. The van der Waals surface area contributed by atoms with E-state index in [1.54, 1.807) is 9.80 Å². The van der Waals surface area contributed by atoms with Gasteiger partial charge in [0.05, 0.1) is 6.10 Å². The molecule has 160 valence electrons. The molecular formula is C22H32N2O5. The fourth-order valence-electron chi connectivity index (χ4n) is 3.82. The Morgan fingerprint density at radius 1 is 1.03 bits per heavy atom. The molecule has 3 rings (SSSR count). The van der Waals surface area contributed by atoms with Crippen molar-refractivity contribution in [2.75, 3.05) is 26.2 Å². The van der Waals surface area contributed by atoms with E-state index >= 15 is 0 Å². The van der Waals surface area contributed by atoms with E-state index in [9.17, 15) is 14.7 Å². The number of likely N-dealkylation sites (tertiary alicyclic amines) is 2. The van der Waals surface area contributed by atoms with Gasteiger partial charge in [0.25, 0.3) is 0 Å². The van der Waals surface area contributed by atoms with E-state index in [-0.39, 0.29) is 30.6 Å². The van der Waals surface area contributed by atoms with Crippen LogP contribution in [-0.4, -0.2) is 65.0 Å². The summed E-state index contributed by atoms with van der Waals surface area (Å²) in [6.07, 6.45) is 0.400. The van der Waals surface area contributed by atoms with Crippen molar-refractivity contribution in [2.45, 2.75) is 51.9 Å². The second-order valence-electron chi connectivity index (χ2n) is 9.00. The summed E-state index contributed by atoms with van der Waals surface area (Å²) in [7, 11) is 0. The van der Waals surface area contributed by atoms with Crippen LogP contribution < -0.4 is 0 Å². The van der Waals surface area contributed by atoms with E-state index in [1.807, 2.05) is 51.1 Å². The van der Waals surface area contributed by atoms with Crippen molar-refractivity contribution in [1.29, 1.82) is 0 Å². The number of amides is 2. The minimum absolute atomic E-state index is 0.0670. The number of ether oxygens (including phenoxy) is 2. The van der Waals surface area contributed by atoms with Crippen molar-refractivity contribution in [2.24, 2.45) is 11.8 Å². The van der Waals surface area contributed by atoms with Crippen LogP contribution in [0.1, 0.15) is 39.2 Å². The fraction of sp³-hybridized carbons (Fsp3) is 0.636. The Morgan fingerprint density at radius 2 is 1.66 bits per heavy atom. The lowest BCUT2D eigenvalue weighted by Crippen LogP contribution is -2.56. The van der Waals surface area contributed by atoms with Crippen molar-refractivity contribution in [1.82, 2.24) is 9.80 Å². The number of nitrogens with zero attached hydrogens (tertiary/aromatic N) is 2. The maximum atomic E-state index is 12.2. The molecule has 0 aromatic heterocycles. The lowest BCUT2D eigenvalue weighted by Gasteiger charge is -2.44. The lowest BCUT2D eigenvalue weighted by molar-refractivity contribution is -0.0476. The van der Waals surface area contributed by atoms with Crippen LogP contribution in [0, 0.1) is 11.8 Å². The first-order valence-corrected chi connectivity index (χ1v) is 10.3. The number of benzene rings is 1. The zero-order valence-electron chi connectivity index (χ0n) is 17.5. The monoisotopic (exact) mass is 404 g/mol. The predicted octanol–water partition coefficient (Wildman–Crippen LogP) is 3.26. The lowest BCUT2D eigenvalue weighted by atomic mass is 9.81. The highest BCUT2D eigenvalue weighted by atomic mass is 16.6. The van der Waals surface area contributed by atoms with Crippen molar-refractivity contribution < 1.29 is 24.2 Å². The van der Waals surface area contributed by atoms with Gasteiger partial charge < -0.3 is 24.4 Å². The topological polar surface area (TPSA) is 79.3 Å². The summed E-state index contributed by atoms with van der Waals surface area (Å²) >= 11 is 0. The Labute approximate surface area is 172 Å². The van der Waals surface area contributed by atoms with Crippen LogP contribution in [0.15, 0.2) is 30.3 Å². The van der Waals surface area contributed by atoms with Gasteiger partial charge in [-0.3, -0.25) is 0 Å². The van der Waals surface area contributed by atoms with Crippen LogP contribution in [0.25, 0.3) is 0 Å². The van der Waals surface area contributed by atoms with Gasteiger partial charge in [-0.1, -0.05) is 30.3 Å². The zero-order chi connectivity index (χ0) is 21.0. The highest BCUT2D eigenvalue weighted by Crippen LogP contribution is 2.30. The van der Waals surface area contributed by atoms with Gasteiger partial charge in [0.2, 0.25) is 0 Å². The van der Waals surface area contributed by atoms with E-state index < -0.39 is 11.7 Å². The molecule has 0 bridgehead atoms. The average molecular weight is 405 g/mol. The molecule has 1 atom stereocenters. The molecular weight excluding hydrogens is 372 g/mol. The summed E-state index contributed by atoms with van der Waals surface area (Å²) in [5, 5.41) is 10.7. The third kappa shape index (κ3) is 5.85. The summed E-state index contributed by atoms with van der Waals surface area (Å²) in [6.45, 7) is 8.03. The number of aliphatic hydroxyl groups excluding tert-OH is 1. The van der Waals surface area contributed by atoms with Crippen molar-refractivity contribution in [3.63, 3.8) is 0 Å². The molecule has 0 spiro atoms. The molecule has 1 unspecified atom stereocenters. The van der Waals surface area contributed by atoms with Crippen LogP contribution >= 0.6 is 0 Å². The summed E-state index contributed by atoms with van der Waals surface area (Å²) < 4.78 is 10.7. The van der Waals surface area contributed by atoms with Crippen LogP contribution in [0.5, 0.6) is 0 Å². The van der Waals surface area contributed by atoms with E-state index in [1.165, 1.54) is 0 Å². The zero-order valence-corrected chi connectivity index (χ0v) is 17.5. The number of aliphatic hydroxyl groups is 1. The number of carbonyl (C=O) groups excluding carboxylic acids is 2. The first kappa shape index (κ1) is 21.4. The Bertz CT molecular complexity index is 689. The molecule has 0 radical (unpaired) electrons. The summed E-state index contributed by atoms with van der Waals surface area (Å²) in [6, 6.07) is 9.57. The van der Waals surface area contributed by atoms with Gasteiger partial charge in [-0.15, -0.1) is 0 Å². The van der Waals surface area contributed by atoms with Crippen LogP contribution in [0.3, 0.4) is 0 Å². The molecule has 2 heterocycles. The van der Waals surface area contributed by atoms with Crippen LogP contribution in [0.2, 0.25) is 0 Å². The number of hydrogen-bond acceptors (Lipinski definition) is 5. The number of hydrogen-bond donors (Lipinski definition) is 1. The summed E-state index contributed by atoms with van der Waals surface area (Å²) in [5.74, 6) is 0.207. The van der Waals surface area contributed by atoms with Gasteiger partial charge in [-0.25, -0.2) is 9.59 Å². The molecule has 2 aliphatic heterocycles. The molecule has 0 aliphatic carbocycles. The maximum Gasteiger partial charge on any atom is 0.410 e. The summed E-state index contributed by atoms with van der Waals surface area (Å²) in [5.41, 5.74) is 0.451. The Hall–Kier alpha value is -2.28. The molecule has 1 N–H and O–H groups in total. The second kappa shape index (κ2) is 9.03. The highest BCUT2D eigenvalue weighted by Gasteiger charge is 2.41. The van der Waals surface area contributed by atoms with Gasteiger partial charge in [0, 0.05) is 32.1 Å². The predicted molar refractivity (Wildman–Crippen MR) is 108 cm³/mol.